The second-order valence-corrected chi connectivity index (χ2v) is 5.15. The smallest absolute Gasteiger partial charge is 0.534 e. The Morgan fingerprint density at radius 2 is 2.00 bits per heavy atom. The largest absolute Gasteiger partial charge is 0.554 e. The summed E-state index contributed by atoms with van der Waals surface area (Å²) in [6.45, 7) is 0.361. The van der Waals surface area contributed by atoms with Gasteiger partial charge in [0.05, 0.1) is 12.2 Å². The van der Waals surface area contributed by atoms with Crippen molar-refractivity contribution in [1.82, 2.24) is 0 Å². The van der Waals surface area contributed by atoms with E-state index in [1.807, 2.05) is 30.3 Å². The average molecular weight is 298 g/mol. The third-order valence-electron chi connectivity index (χ3n) is 3.61. The molecule has 0 aromatic heterocycles. The quantitative estimate of drug-likeness (QED) is 0.843. The lowest BCUT2D eigenvalue weighted by atomic mass is 9.74. The Kier molecular flexibility index (Phi) is 4.13. The fourth-order valence-electron chi connectivity index (χ4n) is 2.49. The molecule has 0 aliphatic carbocycles. The molecule has 2 aromatic rings. The van der Waals surface area contributed by atoms with Crippen LogP contribution in [0.4, 0.5) is 0 Å². The van der Waals surface area contributed by atoms with Gasteiger partial charge in [-0.05, 0) is 17.2 Å². The van der Waals surface area contributed by atoms with E-state index in [1.165, 1.54) is 6.07 Å². The average Bonchev–Trinajstić information content (AvgIpc) is 2.53. The SMILES string of the molecule is O=C(O)c1cccc2c1OB(O)C(OCc1ccccc1)C2. The molecule has 1 unspecified atom stereocenters. The van der Waals surface area contributed by atoms with Gasteiger partial charge >= 0.3 is 13.1 Å². The Balaban J connectivity index is 1.74. The summed E-state index contributed by atoms with van der Waals surface area (Å²) in [6, 6.07) is 14.0. The zero-order chi connectivity index (χ0) is 15.5. The summed E-state index contributed by atoms with van der Waals surface area (Å²) in [5.74, 6) is -0.852. The molecule has 1 aliphatic heterocycles. The van der Waals surface area contributed by atoms with Crippen LogP contribution >= 0.6 is 0 Å². The highest BCUT2D eigenvalue weighted by Gasteiger charge is 2.37. The molecule has 22 heavy (non-hydrogen) atoms. The zero-order valence-electron chi connectivity index (χ0n) is 11.8. The molecular formula is C16H15BO5. The molecule has 0 bridgehead atoms. The number of ether oxygens (including phenoxy) is 1. The highest BCUT2D eigenvalue weighted by molar-refractivity contribution is 6.46. The maximum atomic E-state index is 11.2. The predicted molar refractivity (Wildman–Crippen MR) is 80.7 cm³/mol. The Bertz CT molecular complexity index is 673. The lowest BCUT2D eigenvalue weighted by Crippen LogP contribution is -2.44. The molecule has 0 saturated carbocycles. The van der Waals surface area contributed by atoms with Gasteiger partial charge in [-0.15, -0.1) is 0 Å². The van der Waals surface area contributed by atoms with E-state index < -0.39 is 19.1 Å². The van der Waals surface area contributed by atoms with Gasteiger partial charge in [0.15, 0.2) is 0 Å². The van der Waals surface area contributed by atoms with Crippen LogP contribution in [0.25, 0.3) is 0 Å². The van der Waals surface area contributed by atoms with Crippen LogP contribution in [0.3, 0.4) is 0 Å². The number of carboxylic acid groups (broad SMARTS) is 1. The monoisotopic (exact) mass is 298 g/mol. The van der Waals surface area contributed by atoms with E-state index in [-0.39, 0.29) is 11.3 Å². The summed E-state index contributed by atoms with van der Waals surface area (Å²) in [5.41, 5.74) is 1.78. The second kappa shape index (κ2) is 6.21. The van der Waals surface area contributed by atoms with Crippen LogP contribution in [-0.4, -0.2) is 29.2 Å². The first-order valence-electron chi connectivity index (χ1n) is 7.00. The van der Waals surface area contributed by atoms with Crippen LogP contribution < -0.4 is 4.65 Å². The van der Waals surface area contributed by atoms with E-state index in [1.54, 1.807) is 12.1 Å². The van der Waals surface area contributed by atoms with Crippen molar-refractivity contribution in [2.45, 2.75) is 19.0 Å². The van der Waals surface area contributed by atoms with Crippen molar-refractivity contribution in [3.05, 3.63) is 65.2 Å². The van der Waals surface area contributed by atoms with Gasteiger partial charge in [0.2, 0.25) is 0 Å². The summed E-state index contributed by atoms with van der Waals surface area (Å²) in [7, 11) is -1.18. The Hall–Kier alpha value is -2.31. The van der Waals surface area contributed by atoms with Gasteiger partial charge in [-0.25, -0.2) is 4.79 Å². The van der Waals surface area contributed by atoms with E-state index in [9.17, 15) is 9.82 Å². The summed E-state index contributed by atoms with van der Waals surface area (Å²) < 4.78 is 11.1. The summed E-state index contributed by atoms with van der Waals surface area (Å²) in [6.07, 6.45) is 0.407. The maximum Gasteiger partial charge on any atom is 0.554 e. The van der Waals surface area contributed by atoms with E-state index in [2.05, 4.69) is 0 Å². The lowest BCUT2D eigenvalue weighted by Gasteiger charge is -2.28. The standard InChI is InChI=1S/C16H15BO5/c18-16(19)13-8-4-7-12-9-14(17(20)22-15(12)13)21-10-11-5-2-1-3-6-11/h1-8,14,20H,9-10H2,(H,18,19). The summed E-state index contributed by atoms with van der Waals surface area (Å²) in [5, 5.41) is 19.2. The Labute approximate surface area is 128 Å². The Morgan fingerprint density at radius 3 is 2.73 bits per heavy atom. The molecule has 1 atom stereocenters. The van der Waals surface area contributed by atoms with Crippen LogP contribution in [0, 0.1) is 0 Å². The molecule has 0 radical (unpaired) electrons. The van der Waals surface area contributed by atoms with Gasteiger partial charge in [-0.1, -0.05) is 42.5 Å². The first-order valence-corrected chi connectivity index (χ1v) is 7.00. The van der Waals surface area contributed by atoms with Gasteiger partial charge < -0.3 is 19.5 Å². The molecule has 1 heterocycles. The van der Waals surface area contributed by atoms with Crippen molar-refractivity contribution < 1.29 is 24.3 Å². The zero-order valence-corrected chi connectivity index (χ0v) is 11.8. The molecule has 1 aliphatic rings. The first-order chi connectivity index (χ1) is 10.6. The van der Waals surface area contributed by atoms with E-state index >= 15 is 0 Å². The molecule has 0 fully saturated rings. The number of fused-ring (bicyclic) bond motifs is 1. The molecule has 0 spiro atoms. The topological polar surface area (TPSA) is 76.0 Å². The molecule has 3 rings (SSSR count). The number of carbonyl (C=O) groups is 1. The maximum absolute atomic E-state index is 11.2. The molecule has 2 aromatic carbocycles. The van der Waals surface area contributed by atoms with E-state index in [0.717, 1.165) is 11.1 Å². The van der Waals surface area contributed by atoms with Crippen LogP contribution in [-0.2, 0) is 17.8 Å². The molecule has 2 N–H and O–H groups in total. The second-order valence-electron chi connectivity index (χ2n) is 5.15. The number of rotatable bonds is 4. The van der Waals surface area contributed by atoms with Gasteiger partial charge in [0.25, 0.3) is 0 Å². The molecule has 0 amide bonds. The minimum absolute atomic E-state index is 0.0538. The molecule has 112 valence electrons. The highest BCUT2D eigenvalue weighted by Crippen LogP contribution is 2.31. The molecular weight excluding hydrogens is 283 g/mol. The van der Waals surface area contributed by atoms with Gasteiger partial charge in [0, 0.05) is 6.42 Å². The normalized spacial score (nSPS) is 16.8. The summed E-state index contributed by atoms with van der Waals surface area (Å²) in [4.78, 5) is 11.2. The molecule has 0 saturated heterocycles. The molecule has 6 heteroatoms. The van der Waals surface area contributed by atoms with Crippen LogP contribution in [0.2, 0.25) is 0 Å². The van der Waals surface area contributed by atoms with Gasteiger partial charge in [-0.2, -0.15) is 0 Å². The van der Waals surface area contributed by atoms with Crippen molar-refractivity contribution in [2.24, 2.45) is 0 Å². The van der Waals surface area contributed by atoms with Crippen LogP contribution in [0.1, 0.15) is 21.5 Å². The lowest BCUT2D eigenvalue weighted by molar-refractivity contribution is 0.0628. The van der Waals surface area contributed by atoms with Crippen molar-refractivity contribution in [3.63, 3.8) is 0 Å². The number of benzene rings is 2. The van der Waals surface area contributed by atoms with Crippen molar-refractivity contribution >= 4 is 13.1 Å². The third kappa shape index (κ3) is 2.98. The fourth-order valence-corrected chi connectivity index (χ4v) is 2.49. The number of para-hydroxylation sites is 1. The minimum Gasteiger partial charge on any atom is -0.534 e. The minimum atomic E-state index is -1.18. The van der Waals surface area contributed by atoms with Crippen molar-refractivity contribution in [1.29, 1.82) is 0 Å². The van der Waals surface area contributed by atoms with Crippen LogP contribution in [0.15, 0.2) is 48.5 Å². The van der Waals surface area contributed by atoms with Crippen molar-refractivity contribution in [3.8, 4) is 5.75 Å². The van der Waals surface area contributed by atoms with Crippen molar-refractivity contribution in [2.75, 3.05) is 0 Å². The number of hydrogen-bond donors (Lipinski definition) is 2. The predicted octanol–water partition coefficient (Wildman–Crippen LogP) is 1.92. The summed E-state index contributed by atoms with van der Waals surface area (Å²) >= 11 is 0. The Morgan fingerprint density at radius 1 is 1.23 bits per heavy atom. The number of carboxylic acids is 1. The van der Waals surface area contributed by atoms with Gasteiger partial charge in [-0.3, -0.25) is 0 Å². The van der Waals surface area contributed by atoms with E-state index in [4.69, 9.17) is 14.5 Å². The number of aromatic carboxylic acids is 1. The van der Waals surface area contributed by atoms with Gasteiger partial charge in [0.1, 0.15) is 11.8 Å². The van der Waals surface area contributed by atoms with E-state index in [0.29, 0.717) is 13.0 Å². The molecule has 5 nitrogen and oxygen atoms in total. The fraction of sp³-hybridized carbons (Fsp3) is 0.188. The number of hydrogen-bond acceptors (Lipinski definition) is 4. The third-order valence-corrected chi connectivity index (χ3v) is 3.61. The highest BCUT2D eigenvalue weighted by atomic mass is 16.6. The van der Waals surface area contributed by atoms with Crippen LogP contribution in [0.5, 0.6) is 5.75 Å². The first kappa shape index (κ1) is 14.6.